The first-order chi connectivity index (χ1) is 58.9. The molecule has 639 valence electrons. The minimum absolute atomic E-state index is 0. The number of nitrogens with two attached hydrogens (primary N) is 2. The third-order valence-electron chi connectivity index (χ3n) is 16.7. The summed E-state index contributed by atoms with van der Waals surface area (Å²) in [7, 11) is 14.7. The second-order valence-electron chi connectivity index (χ2n) is 25.7. The zero-order valence-electron chi connectivity index (χ0n) is 68.5. The zero-order chi connectivity index (χ0) is 88.7. The molecule has 0 amide bonds. The Hall–Kier alpha value is -9.98. The van der Waals surface area contributed by atoms with Crippen LogP contribution in [0, 0.1) is 24.0 Å². The van der Waals surface area contributed by atoms with Crippen molar-refractivity contribution in [1.82, 2.24) is 9.97 Å². The molecule has 2 aliphatic rings. The summed E-state index contributed by atoms with van der Waals surface area (Å²) in [6.45, 7) is 10.2. The Kier molecular flexibility index (Phi) is 50.6. The number of carbonyl (C=O) groups is 1. The minimum Gasteiger partial charge on any atom is 0 e. The third kappa shape index (κ3) is 37.1. The van der Waals surface area contributed by atoms with E-state index in [1.807, 2.05) is 232 Å². The molecular formula is C93H89B2BrCl6N8NaNiO11S. The quantitative estimate of drug-likeness (QED) is 0.0107. The molecule has 0 fully saturated rings. The number of aldehydes is 1. The van der Waals surface area contributed by atoms with E-state index in [2.05, 4.69) is 93.3 Å². The number of thiol groups is 1. The van der Waals surface area contributed by atoms with Crippen LogP contribution in [0.2, 0.25) is 20.1 Å². The number of aliphatic hydroxyl groups excluding tert-OH is 1. The number of fused-ring (bicyclic) bond motifs is 4. The van der Waals surface area contributed by atoms with Gasteiger partial charge in [-0.1, -0.05) is 156 Å². The van der Waals surface area contributed by atoms with Gasteiger partial charge in [0.05, 0.1) is 52.9 Å². The molecule has 2 aromatic heterocycles. The Bertz CT molecular complexity index is 5610. The van der Waals surface area contributed by atoms with Gasteiger partial charge in [0.15, 0.2) is 0 Å². The summed E-state index contributed by atoms with van der Waals surface area (Å²) in [5.74, 6) is 8.34. The number of nitrogens with zero attached hydrogens (tertiary/aromatic N) is 4. The van der Waals surface area contributed by atoms with Crippen molar-refractivity contribution in [2.45, 2.75) is 72.4 Å². The number of hydrogen-bond acceptors (Lipinski definition) is 19. The Balaban J connectivity index is 0.000000298. The van der Waals surface area contributed by atoms with Crippen molar-refractivity contribution < 1.29 is 61.4 Å². The van der Waals surface area contributed by atoms with E-state index in [1.54, 1.807) is 37.3 Å². The molecule has 0 saturated heterocycles. The van der Waals surface area contributed by atoms with E-state index in [9.17, 15) is 14.9 Å². The number of para-hydroxylation sites is 5. The summed E-state index contributed by atoms with van der Waals surface area (Å²) in [5, 5.41) is 45.4. The Morgan fingerprint density at radius 3 is 1.40 bits per heavy atom. The van der Waals surface area contributed by atoms with Crippen LogP contribution in [0.15, 0.2) is 312 Å². The van der Waals surface area contributed by atoms with E-state index in [4.69, 9.17) is 117 Å². The van der Waals surface area contributed by atoms with Gasteiger partial charge < -0.3 is 61.1 Å². The molecule has 19 nitrogen and oxygen atoms in total. The molecule has 14 aromatic rings. The molecular weight excluding hydrogens is 1830 g/mol. The molecule has 2 unspecified atom stereocenters. The van der Waals surface area contributed by atoms with Crippen LogP contribution in [0.1, 0.15) is 56.1 Å². The summed E-state index contributed by atoms with van der Waals surface area (Å²) >= 11 is 30.3. The predicted molar refractivity (Wildman–Crippen MR) is 517 cm³/mol. The van der Waals surface area contributed by atoms with E-state index in [-0.39, 0.29) is 60.2 Å². The van der Waals surface area contributed by atoms with Gasteiger partial charge in [0.2, 0.25) is 0 Å². The third-order valence-corrected chi connectivity index (χ3v) is 18.7. The number of allylic oxidation sites excluding steroid dienone is 2. The van der Waals surface area contributed by atoms with Crippen LogP contribution in [0.3, 0.4) is 0 Å². The molecule has 12 aromatic carbocycles. The van der Waals surface area contributed by atoms with Crippen LogP contribution in [0.4, 0.5) is 28.4 Å². The van der Waals surface area contributed by atoms with Crippen molar-refractivity contribution >= 4 is 198 Å². The van der Waals surface area contributed by atoms with Crippen LogP contribution in [0.5, 0.6) is 69.0 Å². The van der Waals surface area contributed by atoms with Gasteiger partial charge in [-0.25, -0.2) is 0 Å². The largest absolute Gasteiger partial charge is 0 e. The molecule has 0 saturated carbocycles. The number of phenolic OH excluding ortho intramolecular Hbond substituents is 2. The molecule has 0 bridgehead atoms. The fourth-order valence-electron chi connectivity index (χ4n) is 11.1. The fourth-order valence-corrected chi connectivity index (χ4v) is 12.2. The summed E-state index contributed by atoms with van der Waals surface area (Å²) in [5.41, 5.74) is 20.3. The van der Waals surface area contributed by atoms with Gasteiger partial charge in [-0.3, -0.25) is 24.9 Å². The molecule has 0 aliphatic carbocycles. The van der Waals surface area contributed by atoms with Crippen LogP contribution in [-0.2, 0) is 30.3 Å². The van der Waals surface area contributed by atoms with Gasteiger partial charge in [-0.2, -0.15) is 0 Å². The first-order valence-electron chi connectivity index (χ1n) is 37.3. The number of nitro benzene ring substituents is 1. The summed E-state index contributed by atoms with van der Waals surface area (Å²) in [6.07, 6.45) is 8.29. The molecule has 2 aliphatic heterocycles. The summed E-state index contributed by atoms with van der Waals surface area (Å²) in [4.78, 5) is 27.8. The van der Waals surface area contributed by atoms with Gasteiger partial charge in [0.1, 0.15) is 80.3 Å². The van der Waals surface area contributed by atoms with Gasteiger partial charge in [0.25, 0.3) is 5.69 Å². The number of nitro groups is 1. The van der Waals surface area contributed by atoms with Gasteiger partial charge in [-0.15, -0.1) is 0 Å². The average molecular weight is 1920 g/mol. The number of aromatic nitrogens is 2. The van der Waals surface area contributed by atoms with Crippen LogP contribution < -0.4 is 45.8 Å². The van der Waals surface area contributed by atoms with Crippen molar-refractivity contribution in [1.29, 1.82) is 0 Å². The summed E-state index contributed by atoms with van der Waals surface area (Å²) < 4.78 is 33.1. The van der Waals surface area contributed by atoms with Gasteiger partial charge in [-0.05, 0) is 252 Å². The van der Waals surface area contributed by atoms with E-state index < -0.39 is 4.92 Å². The SMILES string of the molecule is C/C=C/C=O.CC1CCc2c(ccc(Br)c2Oc2ccccc2)N1.CC1CCc2c(cccc2Oc2ccccc2)N1.CO.Cc1ccc2c(Oc3ccccc3)ccc(Cl)c2n1.Cc1ccc2c(Oc3ccccc3)cccc2n1.Nc1cc(O)ccc1Cl.Nc1cc(Oc2ccccc2)ccc1Cl.O=[N+]([O-])c1cc(O)ccc1Cl.[B].[B]=NS.[Cl][Ni][Cl].[Na]. The van der Waals surface area contributed by atoms with Crippen LogP contribution in [0.25, 0.3) is 21.8 Å². The number of aromatic hydroxyl groups is 2. The molecule has 0 spiro atoms. The second-order valence-corrected chi connectivity index (χ2v) is 30.0. The number of ether oxygens (including phenoxy) is 5. The Morgan fingerprint density at radius 2 is 0.935 bits per heavy atom. The maximum Gasteiger partial charge on any atom is 0 e. The fraction of sp³-hybridized carbons (Fsp3) is 0.129. The maximum atomic E-state index is 10.2. The number of nitrogens with one attached hydrogen (secondary N) is 2. The molecule has 4 heterocycles. The Morgan fingerprint density at radius 1 is 0.524 bits per heavy atom. The molecule has 124 heavy (non-hydrogen) atoms. The first-order valence-corrected chi connectivity index (χ1v) is 42.7. The zero-order valence-corrected chi connectivity index (χ0v) is 78.5. The van der Waals surface area contributed by atoms with Crippen molar-refractivity contribution in [2.75, 3.05) is 29.2 Å². The average Bonchev–Trinajstić information content (AvgIpc) is 0.819. The Labute approximate surface area is 796 Å². The standard InChI is InChI=1S/C16H16BrNO.C16H12ClNO.C16H17NO.C16H13NO.C12H10ClNO.C6H4ClNO3.C6H6ClNO.C4H6O.CH4O.BHNS.B.2ClH.Na.Ni/c1-11-7-8-13-15(18-11)10-9-14(17)16(13)19-12-5-3-2-4-6-12;1-11-7-8-13-15(10-9-14(17)16(13)18-11)19-12-5-3-2-4-6-12;2*1-12-10-11-14-15(17-12)8-5-9-16(14)18-13-6-3-2-4-7-13;13-11-7-6-10(8-12(11)14)15-9-4-2-1-3-5-9;7-5-2-1-4(9)3-6(5)8(10)11;7-5-2-1-4(9)3-6(5)8;1-2-3-4-5;1-2;1-2-3;;;;;/h2-6,9-11,18H,7-8H2,1H3;2-10H,1H3;2-9,12,17H,10-11H2,1H3;2-11H,1H3;1-8H,14H2;1-3,9H;1-3,9H,8H2;2-4H,1H3;2H,1H3;3H;;2*1H;;/q;;;;;;;;;;;;;;+2/p-2/b;;;;;;;3-2+;;;;;;;. The molecule has 9 N–H and O–H groups in total. The van der Waals surface area contributed by atoms with E-state index in [1.165, 1.54) is 52.8 Å². The smallest absolute Gasteiger partial charge is 0 e. The van der Waals surface area contributed by atoms with Crippen LogP contribution in [-0.4, -0.2) is 101 Å². The van der Waals surface area contributed by atoms with Crippen molar-refractivity contribution in [3.63, 3.8) is 0 Å². The number of benzene rings is 12. The van der Waals surface area contributed by atoms with Crippen LogP contribution >= 0.6 is 95.5 Å². The van der Waals surface area contributed by atoms with E-state index in [0.717, 1.165) is 135 Å². The number of halogens is 7. The second kappa shape index (κ2) is 59.0. The molecule has 31 heteroatoms. The van der Waals surface area contributed by atoms with Gasteiger partial charge >= 0.3 is 57.8 Å². The number of anilines is 4. The minimum atomic E-state index is -0.651. The number of hydrogen-bond donors (Lipinski definition) is 8. The topological polar surface area (TPSA) is 281 Å². The summed E-state index contributed by atoms with van der Waals surface area (Å²) in [6, 6.07) is 91.1. The normalized spacial score (nSPS) is 11.8. The molecule has 2 atom stereocenters. The monoisotopic (exact) mass is 1920 g/mol. The molecule has 5 radical (unpaired) electrons. The maximum absolute atomic E-state index is 10.2. The predicted octanol–water partition coefficient (Wildman–Crippen LogP) is 27.0. The van der Waals surface area contributed by atoms with Gasteiger partial charge in [0, 0.05) is 114 Å². The van der Waals surface area contributed by atoms with E-state index >= 15 is 0 Å². The number of carbonyl (C=O) groups excluding carboxylic acids is 1. The first kappa shape index (κ1) is 106. The number of pyridine rings is 2. The number of aliphatic hydroxyl groups is 1. The number of nitrogen functional groups attached to an aromatic ring is 2. The molecule has 16 rings (SSSR count). The van der Waals surface area contributed by atoms with Crippen molar-refractivity contribution in [3.8, 4) is 69.0 Å². The number of rotatable bonds is 12. The number of phenols is 2. The number of aryl methyl sites for hydroxylation is 2. The van der Waals surface area contributed by atoms with Crippen molar-refractivity contribution in [2.24, 2.45) is 4.30 Å². The van der Waals surface area contributed by atoms with Crippen molar-refractivity contribution in [3.05, 3.63) is 361 Å². The van der Waals surface area contributed by atoms with E-state index in [0.29, 0.717) is 56.9 Å².